The monoisotopic (exact) mass is 438 g/mol. The third-order valence-corrected chi connectivity index (χ3v) is 6.01. The zero-order valence-electron chi connectivity index (χ0n) is 18.0. The van der Waals surface area contributed by atoms with Gasteiger partial charge in [0.1, 0.15) is 0 Å². The third-order valence-electron chi connectivity index (χ3n) is 6.01. The maximum atomic E-state index is 12.7. The largest absolute Gasteiger partial charge is 0.361 e. The lowest BCUT2D eigenvalue weighted by atomic mass is 9.91. The number of nitrogens with one attached hydrogen (secondary N) is 3. The molecule has 3 N–H and O–H groups in total. The first-order chi connectivity index (χ1) is 16.0. The molecular weight excluding hydrogens is 416 g/mol. The first-order valence-electron chi connectivity index (χ1n) is 10.6. The van der Waals surface area contributed by atoms with E-state index in [0.717, 1.165) is 26.9 Å². The number of urea groups is 1. The van der Waals surface area contributed by atoms with Crippen LogP contribution in [0.3, 0.4) is 0 Å². The Morgan fingerprint density at radius 3 is 2.48 bits per heavy atom. The Labute approximate surface area is 190 Å². The number of amides is 4. The topological polar surface area (TPSA) is 94.3 Å². The van der Waals surface area contributed by atoms with Gasteiger partial charge >= 0.3 is 6.03 Å². The van der Waals surface area contributed by atoms with Gasteiger partial charge in [0.15, 0.2) is 0 Å². The molecule has 164 valence electrons. The van der Waals surface area contributed by atoms with Crippen molar-refractivity contribution < 1.29 is 14.4 Å². The maximum absolute atomic E-state index is 12.7. The van der Waals surface area contributed by atoms with E-state index in [2.05, 4.69) is 21.7 Å². The minimum atomic E-state index is -0.388. The second kappa shape index (κ2) is 8.27. The number of aromatic nitrogens is 1. The molecule has 3 aromatic carbocycles. The number of nitrogens with zero attached hydrogens (tertiary/aromatic N) is 1. The molecular formula is C26H22N4O3. The Morgan fingerprint density at radius 2 is 1.67 bits per heavy atom. The number of imide groups is 1. The number of fused-ring (bicyclic) bond motifs is 2. The highest BCUT2D eigenvalue weighted by Crippen LogP contribution is 2.30. The highest BCUT2D eigenvalue weighted by atomic mass is 16.2. The molecule has 4 aromatic rings. The van der Waals surface area contributed by atoms with Crippen LogP contribution in [-0.2, 0) is 0 Å². The minimum Gasteiger partial charge on any atom is -0.361 e. The van der Waals surface area contributed by atoms with E-state index >= 15 is 0 Å². The Balaban J connectivity index is 1.35. The molecule has 33 heavy (non-hydrogen) atoms. The number of H-pyrrole nitrogens is 1. The van der Waals surface area contributed by atoms with Crippen molar-refractivity contribution in [3.63, 3.8) is 0 Å². The predicted molar refractivity (Wildman–Crippen MR) is 126 cm³/mol. The molecule has 0 bridgehead atoms. The van der Waals surface area contributed by atoms with Crippen LogP contribution in [0.15, 0.2) is 79.0 Å². The summed E-state index contributed by atoms with van der Waals surface area (Å²) in [7, 11) is 1.44. The molecule has 0 radical (unpaired) electrons. The van der Waals surface area contributed by atoms with Crippen molar-refractivity contribution in [3.05, 3.63) is 101 Å². The van der Waals surface area contributed by atoms with Crippen molar-refractivity contribution in [2.24, 2.45) is 0 Å². The normalized spacial score (nSPS) is 13.8. The third kappa shape index (κ3) is 3.74. The molecule has 4 amide bonds. The molecule has 5 rings (SSSR count). The summed E-state index contributed by atoms with van der Waals surface area (Å²) >= 11 is 0. The molecule has 1 aliphatic rings. The minimum absolute atomic E-state index is 0.0547. The van der Waals surface area contributed by atoms with Gasteiger partial charge in [0.25, 0.3) is 11.8 Å². The summed E-state index contributed by atoms with van der Waals surface area (Å²) in [6, 6.07) is 22.4. The van der Waals surface area contributed by atoms with E-state index in [1.54, 1.807) is 12.1 Å². The van der Waals surface area contributed by atoms with Gasteiger partial charge in [-0.3, -0.25) is 14.5 Å². The second-order valence-electron chi connectivity index (χ2n) is 8.02. The second-order valence-corrected chi connectivity index (χ2v) is 8.02. The van der Waals surface area contributed by atoms with E-state index in [9.17, 15) is 14.4 Å². The molecule has 2 heterocycles. The van der Waals surface area contributed by atoms with Crippen LogP contribution in [0.1, 0.15) is 37.8 Å². The molecule has 0 saturated heterocycles. The molecule has 0 aliphatic carbocycles. The van der Waals surface area contributed by atoms with Gasteiger partial charge in [0, 0.05) is 42.3 Å². The Kier molecular flexibility index (Phi) is 5.14. The summed E-state index contributed by atoms with van der Waals surface area (Å²) in [6.45, 7) is 0.378. The highest BCUT2D eigenvalue weighted by Gasteiger charge is 2.32. The van der Waals surface area contributed by atoms with E-state index in [4.69, 9.17) is 0 Å². The van der Waals surface area contributed by atoms with Crippen LogP contribution >= 0.6 is 0 Å². The lowest BCUT2D eigenvalue weighted by Crippen LogP contribution is -2.32. The highest BCUT2D eigenvalue weighted by molar-refractivity contribution is 6.21. The molecule has 1 atom stereocenters. The Morgan fingerprint density at radius 1 is 0.939 bits per heavy atom. The van der Waals surface area contributed by atoms with E-state index in [1.807, 2.05) is 54.7 Å². The van der Waals surface area contributed by atoms with Crippen LogP contribution in [0, 0.1) is 0 Å². The van der Waals surface area contributed by atoms with Gasteiger partial charge in [-0.2, -0.15) is 0 Å². The predicted octanol–water partition coefficient (Wildman–Crippen LogP) is 4.35. The first-order valence-corrected chi connectivity index (χ1v) is 10.6. The van der Waals surface area contributed by atoms with Crippen LogP contribution < -0.4 is 10.6 Å². The van der Waals surface area contributed by atoms with Crippen LogP contribution in [-0.4, -0.2) is 41.3 Å². The number of hydrogen-bond donors (Lipinski definition) is 3. The fraction of sp³-hybridized carbons (Fsp3) is 0.115. The molecule has 0 fully saturated rings. The fourth-order valence-corrected chi connectivity index (χ4v) is 4.28. The van der Waals surface area contributed by atoms with Crippen molar-refractivity contribution in [1.82, 2.24) is 15.2 Å². The molecule has 1 aliphatic heterocycles. The van der Waals surface area contributed by atoms with Crippen molar-refractivity contribution in [3.8, 4) is 0 Å². The Hall–Kier alpha value is -4.39. The van der Waals surface area contributed by atoms with Gasteiger partial charge in [-0.25, -0.2) is 4.79 Å². The van der Waals surface area contributed by atoms with E-state index in [1.165, 1.54) is 13.1 Å². The molecule has 0 spiro atoms. The zero-order chi connectivity index (χ0) is 22.9. The number of carbonyl (C=O) groups is 3. The number of hydrogen-bond acceptors (Lipinski definition) is 3. The van der Waals surface area contributed by atoms with Gasteiger partial charge in [-0.15, -0.1) is 0 Å². The van der Waals surface area contributed by atoms with E-state index < -0.39 is 0 Å². The number of anilines is 1. The SMILES string of the molecule is CN1C(=O)c2ccc(NC(=O)NCC(c3ccccc3)c3c[nH]c4ccccc34)cc2C1=O. The fourth-order valence-electron chi connectivity index (χ4n) is 4.28. The van der Waals surface area contributed by atoms with Crippen molar-refractivity contribution in [2.45, 2.75) is 5.92 Å². The van der Waals surface area contributed by atoms with E-state index in [0.29, 0.717) is 23.4 Å². The summed E-state index contributed by atoms with van der Waals surface area (Å²) in [5.74, 6) is -0.765. The lowest BCUT2D eigenvalue weighted by Gasteiger charge is -2.18. The van der Waals surface area contributed by atoms with Gasteiger partial charge in [-0.1, -0.05) is 48.5 Å². The Bertz CT molecular complexity index is 1380. The average molecular weight is 438 g/mol. The number of carbonyl (C=O) groups excluding carboxylic acids is 3. The van der Waals surface area contributed by atoms with Crippen LogP contribution in [0.5, 0.6) is 0 Å². The maximum Gasteiger partial charge on any atom is 0.319 e. The summed E-state index contributed by atoms with van der Waals surface area (Å²) in [4.78, 5) is 41.4. The quantitative estimate of drug-likeness (QED) is 0.405. The van der Waals surface area contributed by atoms with Crippen molar-refractivity contribution in [1.29, 1.82) is 0 Å². The standard InChI is InChI=1S/C26H22N4O3/c1-30-24(31)19-12-11-17(13-20(19)25(30)32)29-26(33)28-14-21(16-7-3-2-4-8-16)22-15-27-23-10-6-5-9-18(22)23/h2-13,15,21,27H,14H2,1H3,(H2,28,29,33). The van der Waals surface area contributed by atoms with Gasteiger partial charge in [-0.05, 0) is 35.4 Å². The van der Waals surface area contributed by atoms with Gasteiger partial charge in [0.2, 0.25) is 0 Å². The lowest BCUT2D eigenvalue weighted by molar-refractivity contribution is 0.0693. The summed E-state index contributed by atoms with van der Waals surface area (Å²) < 4.78 is 0. The smallest absolute Gasteiger partial charge is 0.319 e. The number of rotatable bonds is 5. The number of benzene rings is 3. The average Bonchev–Trinajstić information content (AvgIpc) is 3.35. The zero-order valence-corrected chi connectivity index (χ0v) is 18.0. The van der Waals surface area contributed by atoms with Crippen molar-refractivity contribution >= 4 is 34.4 Å². The summed E-state index contributed by atoms with van der Waals surface area (Å²) in [5.41, 5.74) is 4.32. The van der Waals surface area contributed by atoms with Gasteiger partial charge < -0.3 is 15.6 Å². The van der Waals surface area contributed by atoms with Crippen LogP contribution in [0.25, 0.3) is 10.9 Å². The van der Waals surface area contributed by atoms with Crippen LogP contribution in [0.2, 0.25) is 0 Å². The van der Waals surface area contributed by atoms with Crippen molar-refractivity contribution in [2.75, 3.05) is 18.9 Å². The molecule has 0 saturated carbocycles. The number of aromatic amines is 1. The first kappa shape index (κ1) is 20.5. The van der Waals surface area contributed by atoms with E-state index in [-0.39, 0.29) is 23.8 Å². The van der Waals surface area contributed by atoms with Crippen LogP contribution in [0.4, 0.5) is 10.5 Å². The number of para-hydroxylation sites is 1. The molecule has 7 heteroatoms. The van der Waals surface area contributed by atoms with Gasteiger partial charge in [0.05, 0.1) is 11.1 Å². The molecule has 1 aromatic heterocycles. The summed E-state index contributed by atoms with van der Waals surface area (Å²) in [5, 5.41) is 6.83. The molecule has 7 nitrogen and oxygen atoms in total. The summed E-state index contributed by atoms with van der Waals surface area (Å²) in [6.07, 6.45) is 1.99. The molecule has 1 unspecified atom stereocenters.